The molecule has 1 nitrogen and oxygen atoms in total. The molecule has 15 heavy (non-hydrogen) atoms. The van der Waals surface area contributed by atoms with E-state index in [9.17, 15) is 0 Å². The highest BCUT2D eigenvalue weighted by Crippen LogP contribution is 2.28. The molecule has 0 aromatic rings. The minimum absolute atomic E-state index is 0.755. The second-order valence-corrected chi connectivity index (χ2v) is 4.38. The first-order chi connectivity index (χ1) is 7.47. The van der Waals surface area contributed by atoms with Gasteiger partial charge >= 0.3 is 0 Å². The van der Waals surface area contributed by atoms with E-state index in [2.05, 4.69) is 36.2 Å². The molecule has 0 aromatic carbocycles. The van der Waals surface area contributed by atoms with Gasteiger partial charge in [0.05, 0.1) is 0 Å². The zero-order chi connectivity index (χ0) is 10.3. The Labute approximate surface area is 93.0 Å². The maximum atomic E-state index is 3.22. The molecule has 2 aliphatic rings. The van der Waals surface area contributed by atoms with Crippen LogP contribution in [-0.2, 0) is 0 Å². The molecule has 1 heteroatoms. The topological polar surface area (TPSA) is 12.0 Å². The molecule has 1 atom stereocenters. The molecule has 1 fully saturated rings. The van der Waals surface area contributed by atoms with Crippen molar-refractivity contribution in [2.45, 2.75) is 38.5 Å². The van der Waals surface area contributed by atoms with Crippen LogP contribution in [0.25, 0.3) is 0 Å². The van der Waals surface area contributed by atoms with Gasteiger partial charge in [0.2, 0.25) is 0 Å². The predicted octanol–water partition coefficient (Wildman–Crippen LogP) is 3.72. The molecule has 0 bridgehead atoms. The molecule has 2 rings (SSSR count). The largest absolute Gasteiger partial charge is 0.367 e. The molecular formula is C14H20N. The Morgan fingerprint density at radius 2 is 2.07 bits per heavy atom. The Morgan fingerprint density at radius 3 is 3.07 bits per heavy atom. The van der Waals surface area contributed by atoms with Gasteiger partial charge in [-0.05, 0) is 43.3 Å². The van der Waals surface area contributed by atoms with Crippen molar-refractivity contribution in [2.75, 3.05) is 0 Å². The summed E-state index contributed by atoms with van der Waals surface area (Å²) in [5, 5.41) is 3.22. The predicted molar refractivity (Wildman–Crippen MR) is 65.0 cm³/mol. The second-order valence-electron chi connectivity index (χ2n) is 4.38. The lowest BCUT2D eigenvalue weighted by Crippen LogP contribution is -2.08. The maximum absolute atomic E-state index is 3.22. The van der Waals surface area contributed by atoms with Crippen molar-refractivity contribution in [2.24, 2.45) is 5.92 Å². The summed E-state index contributed by atoms with van der Waals surface area (Å²) in [5.74, 6) is 0.755. The van der Waals surface area contributed by atoms with Crippen LogP contribution in [0, 0.1) is 12.3 Å². The van der Waals surface area contributed by atoms with Gasteiger partial charge in [-0.15, -0.1) is 0 Å². The van der Waals surface area contributed by atoms with E-state index in [0.717, 1.165) is 5.92 Å². The van der Waals surface area contributed by atoms with Crippen LogP contribution < -0.4 is 5.32 Å². The molecule has 81 valence electrons. The van der Waals surface area contributed by atoms with Crippen LogP contribution in [0.15, 0.2) is 36.2 Å². The third-order valence-corrected chi connectivity index (χ3v) is 3.24. The highest BCUT2D eigenvalue weighted by atomic mass is 14.8. The van der Waals surface area contributed by atoms with Gasteiger partial charge in [0.1, 0.15) is 0 Å². The van der Waals surface area contributed by atoms with Crippen LogP contribution in [0.3, 0.4) is 0 Å². The number of hydrogen-bond donors (Lipinski definition) is 1. The zero-order valence-corrected chi connectivity index (χ0v) is 9.28. The molecule has 0 spiro atoms. The minimum Gasteiger partial charge on any atom is -0.367 e. The van der Waals surface area contributed by atoms with Crippen molar-refractivity contribution in [1.29, 1.82) is 0 Å². The first-order valence-corrected chi connectivity index (χ1v) is 6.08. The van der Waals surface area contributed by atoms with Crippen LogP contribution in [0.1, 0.15) is 38.5 Å². The Morgan fingerprint density at radius 1 is 1.07 bits per heavy atom. The minimum atomic E-state index is 0.755. The number of rotatable bonds is 1. The van der Waals surface area contributed by atoms with Crippen molar-refractivity contribution in [3.05, 3.63) is 42.6 Å². The lowest BCUT2D eigenvalue weighted by Gasteiger charge is -2.20. The van der Waals surface area contributed by atoms with E-state index >= 15 is 0 Å². The maximum Gasteiger partial charge on any atom is 0.00396 e. The van der Waals surface area contributed by atoms with Crippen molar-refractivity contribution in [3.8, 4) is 0 Å². The Hall–Kier alpha value is -0.980. The number of nitrogens with one attached hydrogen (secondary N) is 1. The van der Waals surface area contributed by atoms with Crippen molar-refractivity contribution >= 4 is 0 Å². The summed E-state index contributed by atoms with van der Waals surface area (Å²) < 4.78 is 0. The van der Waals surface area contributed by atoms with Crippen LogP contribution in [0.2, 0.25) is 0 Å². The molecule has 1 aliphatic carbocycles. The summed E-state index contributed by atoms with van der Waals surface area (Å²) in [5.41, 5.74) is 1.47. The Balaban J connectivity index is 1.97. The molecular weight excluding hydrogens is 182 g/mol. The molecule has 1 saturated carbocycles. The first kappa shape index (κ1) is 10.5. The van der Waals surface area contributed by atoms with E-state index in [1.165, 1.54) is 44.1 Å². The fraction of sp³-hybridized carbons (Fsp3) is 0.500. The zero-order valence-electron chi connectivity index (χ0n) is 9.28. The van der Waals surface area contributed by atoms with Crippen molar-refractivity contribution in [1.82, 2.24) is 5.32 Å². The molecule has 0 amide bonds. The van der Waals surface area contributed by atoms with Gasteiger partial charge in [0.25, 0.3) is 0 Å². The van der Waals surface area contributed by atoms with Crippen molar-refractivity contribution < 1.29 is 0 Å². The Kier molecular flexibility index (Phi) is 4.07. The van der Waals surface area contributed by atoms with E-state index in [1.807, 2.05) is 6.20 Å². The van der Waals surface area contributed by atoms with Gasteiger partial charge in [0, 0.05) is 12.4 Å². The fourth-order valence-electron chi connectivity index (χ4n) is 2.34. The summed E-state index contributed by atoms with van der Waals surface area (Å²) >= 11 is 0. The van der Waals surface area contributed by atoms with Gasteiger partial charge in [-0.2, -0.15) is 0 Å². The highest BCUT2D eigenvalue weighted by Gasteiger charge is 2.14. The first-order valence-electron chi connectivity index (χ1n) is 6.08. The smallest absolute Gasteiger partial charge is 0.00396 e. The number of allylic oxidation sites excluding steroid dienone is 4. The van der Waals surface area contributed by atoms with Gasteiger partial charge in [-0.25, -0.2) is 0 Å². The van der Waals surface area contributed by atoms with Crippen LogP contribution in [-0.4, -0.2) is 0 Å². The lowest BCUT2D eigenvalue weighted by atomic mass is 9.86. The third kappa shape index (κ3) is 3.26. The second kappa shape index (κ2) is 5.79. The monoisotopic (exact) mass is 202 g/mol. The van der Waals surface area contributed by atoms with E-state index in [0.29, 0.717) is 0 Å². The average molecular weight is 202 g/mol. The Bertz CT molecular complexity index is 265. The summed E-state index contributed by atoms with van der Waals surface area (Å²) in [4.78, 5) is 0. The molecule has 1 N–H and O–H groups in total. The van der Waals surface area contributed by atoms with Crippen LogP contribution in [0.5, 0.6) is 0 Å². The van der Waals surface area contributed by atoms with E-state index in [4.69, 9.17) is 0 Å². The average Bonchev–Trinajstić information content (AvgIpc) is 2.45. The quantitative estimate of drug-likeness (QED) is 0.683. The van der Waals surface area contributed by atoms with Gasteiger partial charge in [-0.1, -0.05) is 31.4 Å². The highest BCUT2D eigenvalue weighted by molar-refractivity contribution is 5.27. The normalized spacial score (nSPS) is 23.6. The third-order valence-electron chi connectivity index (χ3n) is 3.24. The lowest BCUT2D eigenvalue weighted by molar-refractivity contribution is 0.463. The molecule has 1 aliphatic heterocycles. The van der Waals surface area contributed by atoms with E-state index in [-0.39, 0.29) is 0 Å². The molecule has 0 saturated heterocycles. The molecule has 1 heterocycles. The summed E-state index contributed by atoms with van der Waals surface area (Å²) in [6.07, 6.45) is 21.1. The fourth-order valence-corrected chi connectivity index (χ4v) is 2.34. The van der Waals surface area contributed by atoms with Crippen LogP contribution >= 0.6 is 0 Å². The van der Waals surface area contributed by atoms with Gasteiger partial charge < -0.3 is 5.32 Å². The molecule has 1 unspecified atom stereocenters. The molecule has 1 radical (unpaired) electrons. The summed E-state index contributed by atoms with van der Waals surface area (Å²) in [6, 6.07) is 0. The number of hydrogen-bond acceptors (Lipinski definition) is 1. The molecule has 0 aromatic heterocycles. The standard InChI is InChI=1S/C14H20N/c1-2-4-8-13(9-5-3-1)14-10-6-7-11-15-12-14/h2,6-7,10-13,15H,1,3-5,8-9H2. The van der Waals surface area contributed by atoms with Gasteiger partial charge in [0.15, 0.2) is 0 Å². The summed E-state index contributed by atoms with van der Waals surface area (Å²) in [7, 11) is 0. The van der Waals surface area contributed by atoms with Crippen molar-refractivity contribution in [3.63, 3.8) is 0 Å². The van der Waals surface area contributed by atoms with Crippen LogP contribution in [0.4, 0.5) is 0 Å². The van der Waals surface area contributed by atoms with E-state index in [1.54, 1.807) is 0 Å². The SMILES string of the molecule is [CH]1CCCCC(C2=CNC=CC=C2)CC1. The van der Waals surface area contributed by atoms with E-state index < -0.39 is 0 Å². The van der Waals surface area contributed by atoms with Gasteiger partial charge in [-0.3, -0.25) is 0 Å². The summed E-state index contributed by atoms with van der Waals surface area (Å²) in [6.45, 7) is 0.